The fourth-order valence-electron chi connectivity index (χ4n) is 1.41. The smallest absolute Gasteiger partial charge is 0.326 e. The average Bonchev–Trinajstić information content (AvgIpc) is 2.28. The molecule has 2 atom stereocenters. The van der Waals surface area contributed by atoms with Gasteiger partial charge in [0.25, 0.3) is 0 Å². The van der Waals surface area contributed by atoms with Gasteiger partial charge in [-0.25, -0.2) is 4.79 Å². The van der Waals surface area contributed by atoms with Crippen LogP contribution in [0.25, 0.3) is 0 Å². The van der Waals surface area contributed by atoms with E-state index in [9.17, 15) is 14.4 Å². The molecular weight excluding hydrogens is 230 g/mol. The number of morpholine rings is 1. The molecule has 1 unspecified atom stereocenters. The highest BCUT2D eigenvalue weighted by atomic mass is 16.5. The van der Waals surface area contributed by atoms with Crippen LogP contribution in [0.15, 0.2) is 0 Å². The molecule has 0 aromatic carbocycles. The lowest BCUT2D eigenvalue weighted by Crippen LogP contribution is -2.55. The highest BCUT2D eigenvalue weighted by Gasteiger charge is 2.27. The summed E-state index contributed by atoms with van der Waals surface area (Å²) in [6.07, 6.45) is -0.436. The van der Waals surface area contributed by atoms with Crippen molar-refractivity contribution in [1.29, 1.82) is 0 Å². The van der Waals surface area contributed by atoms with Crippen molar-refractivity contribution in [3.8, 4) is 0 Å². The Morgan fingerprint density at radius 1 is 1.53 bits per heavy atom. The monoisotopic (exact) mass is 245 g/mol. The average molecular weight is 245 g/mol. The molecule has 8 heteroatoms. The van der Waals surface area contributed by atoms with E-state index in [-0.39, 0.29) is 6.61 Å². The molecule has 0 saturated carbocycles. The van der Waals surface area contributed by atoms with Gasteiger partial charge in [-0.2, -0.15) is 0 Å². The predicted octanol–water partition coefficient (Wildman–Crippen LogP) is -2.58. The first-order chi connectivity index (χ1) is 8.00. The van der Waals surface area contributed by atoms with Crippen LogP contribution >= 0.6 is 0 Å². The number of amides is 2. The first kappa shape index (κ1) is 13.4. The minimum absolute atomic E-state index is 0.175. The summed E-state index contributed by atoms with van der Waals surface area (Å²) in [4.78, 5) is 33.0. The zero-order valence-electron chi connectivity index (χ0n) is 9.14. The van der Waals surface area contributed by atoms with E-state index in [2.05, 4.69) is 10.6 Å². The first-order valence-corrected chi connectivity index (χ1v) is 5.13. The third kappa shape index (κ3) is 4.37. The van der Waals surface area contributed by atoms with E-state index in [0.29, 0.717) is 13.2 Å². The van der Waals surface area contributed by atoms with Crippen LogP contribution < -0.4 is 16.4 Å². The van der Waals surface area contributed by atoms with Crippen LogP contribution in [0.2, 0.25) is 0 Å². The van der Waals surface area contributed by atoms with Gasteiger partial charge in [-0.05, 0) is 0 Å². The van der Waals surface area contributed by atoms with Gasteiger partial charge in [-0.15, -0.1) is 0 Å². The van der Waals surface area contributed by atoms with E-state index in [1.807, 2.05) is 0 Å². The van der Waals surface area contributed by atoms with Gasteiger partial charge in [-0.3, -0.25) is 9.59 Å². The molecule has 17 heavy (non-hydrogen) atoms. The van der Waals surface area contributed by atoms with Crippen LogP contribution in [-0.4, -0.2) is 54.7 Å². The van der Waals surface area contributed by atoms with Crippen LogP contribution in [0.5, 0.6) is 0 Å². The fraction of sp³-hybridized carbons (Fsp3) is 0.667. The molecule has 0 radical (unpaired) electrons. The number of nitrogens with two attached hydrogens (primary N) is 1. The van der Waals surface area contributed by atoms with Crippen molar-refractivity contribution in [3.63, 3.8) is 0 Å². The van der Waals surface area contributed by atoms with Gasteiger partial charge in [0, 0.05) is 6.54 Å². The quantitative estimate of drug-likeness (QED) is 0.421. The van der Waals surface area contributed by atoms with Crippen LogP contribution in [0.3, 0.4) is 0 Å². The molecule has 0 bridgehead atoms. The Morgan fingerprint density at radius 2 is 2.24 bits per heavy atom. The zero-order chi connectivity index (χ0) is 12.8. The van der Waals surface area contributed by atoms with E-state index in [4.69, 9.17) is 15.6 Å². The zero-order valence-corrected chi connectivity index (χ0v) is 9.14. The fourth-order valence-corrected chi connectivity index (χ4v) is 1.41. The van der Waals surface area contributed by atoms with Crippen LogP contribution in [0.4, 0.5) is 0 Å². The number of carbonyl (C=O) groups is 3. The van der Waals surface area contributed by atoms with Crippen molar-refractivity contribution in [2.45, 2.75) is 18.5 Å². The summed E-state index contributed by atoms with van der Waals surface area (Å²) in [5.74, 6) is -2.60. The maximum absolute atomic E-state index is 11.6. The van der Waals surface area contributed by atoms with Gasteiger partial charge in [-0.1, -0.05) is 0 Å². The normalized spacial score (nSPS) is 21.5. The maximum Gasteiger partial charge on any atom is 0.326 e. The van der Waals surface area contributed by atoms with Crippen molar-refractivity contribution in [2.75, 3.05) is 19.8 Å². The molecule has 1 heterocycles. The lowest BCUT2D eigenvalue weighted by molar-refractivity contribution is -0.144. The molecule has 1 aliphatic heterocycles. The Morgan fingerprint density at radius 3 is 2.71 bits per heavy atom. The predicted molar refractivity (Wildman–Crippen MR) is 56.0 cm³/mol. The minimum Gasteiger partial charge on any atom is -0.480 e. The van der Waals surface area contributed by atoms with Crippen LogP contribution in [0.1, 0.15) is 6.42 Å². The minimum atomic E-state index is -1.30. The number of hydrogen-bond acceptors (Lipinski definition) is 5. The van der Waals surface area contributed by atoms with E-state index in [0.717, 1.165) is 0 Å². The Bertz CT molecular complexity index is 314. The third-order valence-corrected chi connectivity index (χ3v) is 2.26. The van der Waals surface area contributed by atoms with Crippen LogP contribution in [-0.2, 0) is 19.1 Å². The summed E-state index contributed by atoms with van der Waals surface area (Å²) in [6, 6.07) is -1.90. The van der Waals surface area contributed by atoms with E-state index in [1.54, 1.807) is 0 Å². The van der Waals surface area contributed by atoms with Crippen molar-refractivity contribution < 1.29 is 24.2 Å². The van der Waals surface area contributed by atoms with Gasteiger partial charge in [0.1, 0.15) is 12.1 Å². The van der Waals surface area contributed by atoms with E-state index < -0.39 is 36.3 Å². The van der Waals surface area contributed by atoms with Gasteiger partial charge in [0.15, 0.2) is 0 Å². The summed E-state index contributed by atoms with van der Waals surface area (Å²) in [5, 5.41) is 13.9. The maximum atomic E-state index is 11.6. The third-order valence-electron chi connectivity index (χ3n) is 2.26. The topological polar surface area (TPSA) is 131 Å². The summed E-state index contributed by atoms with van der Waals surface area (Å²) in [7, 11) is 0. The number of rotatable bonds is 5. The van der Waals surface area contributed by atoms with Gasteiger partial charge >= 0.3 is 5.97 Å². The second kappa shape index (κ2) is 6.16. The molecule has 0 aromatic rings. The van der Waals surface area contributed by atoms with Gasteiger partial charge in [0.05, 0.1) is 19.6 Å². The van der Waals surface area contributed by atoms with E-state index >= 15 is 0 Å². The Kier molecular flexibility index (Phi) is 4.85. The number of carboxylic acids is 1. The lowest BCUT2D eigenvalue weighted by Gasteiger charge is -2.24. The number of carboxylic acid groups (broad SMARTS) is 1. The Labute approximate surface area is 97.5 Å². The molecular formula is C9H15N3O5. The van der Waals surface area contributed by atoms with Crippen LogP contribution in [0, 0.1) is 0 Å². The molecule has 2 amide bonds. The number of primary amides is 1. The molecule has 1 aliphatic rings. The number of nitrogens with one attached hydrogen (secondary N) is 2. The Balaban J connectivity index is 2.50. The molecule has 0 aromatic heterocycles. The van der Waals surface area contributed by atoms with E-state index in [1.165, 1.54) is 0 Å². The SMILES string of the molecule is NC(=O)C[C@@H](NC(=O)C1COCCN1)C(=O)O. The second-order valence-corrected chi connectivity index (χ2v) is 3.65. The number of ether oxygens (including phenoxy) is 1. The standard InChI is InChI=1S/C9H15N3O5/c10-7(13)3-5(9(15)16)12-8(14)6-4-17-2-1-11-6/h5-6,11H,1-4H2,(H2,10,13)(H,12,14)(H,15,16)/t5-,6?/m1/s1. The molecule has 8 nitrogen and oxygen atoms in total. The molecule has 1 saturated heterocycles. The largest absolute Gasteiger partial charge is 0.480 e. The summed E-state index contributed by atoms with van der Waals surface area (Å²) < 4.78 is 5.06. The summed E-state index contributed by atoms with van der Waals surface area (Å²) >= 11 is 0. The molecule has 0 aliphatic carbocycles. The lowest BCUT2D eigenvalue weighted by atomic mass is 10.1. The highest BCUT2D eigenvalue weighted by molar-refractivity contribution is 5.90. The summed E-state index contributed by atoms with van der Waals surface area (Å²) in [5.41, 5.74) is 4.89. The molecule has 5 N–H and O–H groups in total. The molecule has 96 valence electrons. The van der Waals surface area contributed by atoms with Crippen molar-refractivity contribution in [3.05, 3.63) is 0 Å². The van der Waals surface area contributed by atoms with Gasteiger partial charge < -0.3 is 26.2 Å². The number of hydrogen-bond donors (Lipinski definition) is 4. The molecule has 0 spiro atoms. The highest BCUT2D eigenvalue weighted by Crippen LogP contribution is 1.97. The van der Waals surface area contributed by atoms with Crippen molar-refractivity contribution in [2.24, 2.45) is 5.73 Å². The Hall–Kier alpha value is -1.67. The molecule has 1 rings (SSSR count). The second-order valence-electron chi connectivity index (χ2n) is 3.65. The summed E-state index contributed by atoms with van der Waals surface area (Å²) in [6.45, 7) is 1.20. The van der Waals surface area contributed by atoms with Crippen molar-refractivity contribution in [1.82, 2.24) is 10.6 Å². The number of aliphatic carboxylic acids is 1. The first-order valence-electron chi connectivity index (χ1n) is 5.13. The van der Waals surface area contributed by atoms with Crippen molar-refractivity contribution >= 4 is 17.8 Å². The van der Waals surface area contributed by atoms with Gasteiger partial charge in [0.2, 0.25) is 11.8 Å². The number of carbonyl (C=O) groups excluding carboxylic acids is 2. The molecule has 1 fully saturated rings.